The van der Waals surface area contributed by atoms with Crippen LogP contribution in [0.1, 0.15) is 0 Å². The van der Waals surface area contributed by atoms with Gasteiger partial charge in [-0.1, -0.05) is 23.7 Å². The lowest BCUT2D eigenvalue weighted by atomic mass is 10.3. The molecule has 2 aromatic rings. The first-order chi connectivity index (χ1) is 9.03. The maximum Gasteiger partial charge on any atom is 0.263 e. The number of sulfonamides is 1. The Morgan fingerprint density at radius 3 is 2.47 bits per heavy atom. The van der Waals surface area contributed by atoms with E-state index in [1.807, 2.05) is 0 Å². The summed E-state index contributed by atoms with van der Waals surface area (Å²) < 4.78 is 26.6. The molecule has 8 heteroatoms. The number of nitrogens with zero attached hydrogens (tertiary/aromatic N) is 1. The third-order valence-corrected chi connectivity index (χ3v) is 3.99. The van der Waals surface area contributed by atoms with Crippen LogP contribution in [-0.4, -0.2) is 13.4 Å². The van der Waals surface area contributed by atoms with Crippen molar-refractivity contribution in [1.82, 2.24) is 4.98 Å². The lowest BCUT2D eigenvalue weighted by Crippen LogP contribution is -2.14. The maximum atomic E-state index is 12.1. The highest BCUT2D eigenvalue weighted by Gasteiger charge is 2.15. The van der Waals surface area contributed by atoms with Crippen LogP contribution in [0, 0.1) is 0 Å². The Hall–Kier alpha value is -1.83. The fraction of sp³-hybridized carbons (Fsp3) is 0. The van der Waals surface area contributed by atoms with Gasteiger partial charge in [-0.3, -0.25) is 4.72 Å². The fourth-order valence-electron chi connectivity index (χ4n) is 1.37. The zero-order valence-electron chi connectivity index (χ0n) is 9.67. The number of halogens is 1. The van der Waals surface area contributed by atoms with Gasteiger partial charge in [0.25, 0.3) is 10.0 Å². The smallest absolute Gasteiger partial charge is 0.263 e. The summed E-state index contributed by atoms with van der Waals surface area (Å²) in [7, 11) is -3.73. The Balaban J connectivity index is 2.30. The van der Waals surface area contributed by atoms with Gasteiger partial charge in [-0.05, 0) is 24.3 Å². The van der Waals surface area contributed by atoms with Crippen LogP contribution in [0.4, 0.5) is 11.5 Å². The molecule has 1 heterocycles. The number of para-hydroxylation sites is 1. The maximum absolute atomic E-state index is 12.1. The molecule has 0 saturated heterocycles. The average molecular weight is 299 g/mol. The second-order valence-corrected chi connectivity index (χ2v) is 5.70. The molecule has 0 bridgehead atoms. The van der Waals surface area contributed by atoms with Gasteiger partial charge in [-0.25, -0.2) is 19.2 Å². The first-order valence-electron chi connectivity index (χ1n) is 5.23. The fourth-order valence-corrected chi connectivity index (χ4v) is 2.64. The number of nitrogens with one attached hydrogen (secondary N) is 2. The quantitative estimate of drug-likeness (QED) is 0.591. The van der Waals surface area contributed by atoms with Crippen LogP contribution in [0.3, 0.4) is 0 Å². The van der Waals surface area contributed by atoms with Crippen LogP contribution >= 0.6 is 11.6 Å². The summed E-state index contributed by atoms with van der Waals surface area (Å²) in [5, 5.41) is 0.319. The molecule has 0 aliphatic carbocycles. The van der Waals surface area contributed by atoms with Crippen molar-refractivity contribution in [1.29, 1.82) is 0 Å². The summed E-state index contributed by atoms with van der Waals surface area (Å²) in [6, 6.07) is 9.41. The van der Waals surface area contributed by atoms with Crippen LogP contribution in [0.25, 0.3) is 0 Å². The van der Waals surface area contributed by atoms with Gasteiger partial charge in [0.15, 0.2) is 0 Å². The lowest BCUT2D eigenvalue weighted by molar-refractivity contribution is 0.601. The van der Waals surface area contributed by atoms with E-state index in [2.05, 4.69) is 15.1 Å². The molecule has 2 rings (SSSR count). The van der Waals surface area contributed by atoms with E-state index in [9.17, 15) is 8.42 Å². The summed E-state index contributed by atoms with van der Waals surface area (Å²) in [6.07, 6.45) is 1.20. The summed E-state index contributed by atoms with van der Waals surface area (Å²) in [4.78, 5) is 3.86. The number of nitrogens with two attached hydrogens (primary N) is 1. The van der Waals surface area contributed by atoms with Gasteiger partial charge in [-0.15, -0.1) is 0 Å². The molecule has 0 saturated carbocycles. The van der Waals surface area contributed by atoms with Crippen molar-refractivity contribution in [2.45, 2.75) is 4.90 Å². The highest BCUT2D eigenvalue weighted by Crippen LogP contribution is 2.23. The molecule has 6 nitrogen and oxygen atoms in total. The van der Waals surface area contributed by atoms with Gasteiger partial charge in [-0.2, -0.15) is 0 Å². The molecule has 0 aliphatic rings. The van der Waals surface area contributed by atoms with Crippen molar-refractivity contribution in [3.63, 3.8) is 0 Å². The van der Waals surface area contributed by atoms with Crippen molar-refractivity contribution in [2.75, 3.05) is 10.1 Å². The number of rotatable bonds is 4. The minimum absolute atomic E-state index is 0.0198. The zero-order chi connectivity index (χ0) is 13.9. The van der Waals surface area contributed by atoms with Crippen LogP contribution in [0.15, 0.2) is 47.5 Å². The summed E-state index contributed by atoms with van der Waals surface area (Å²) in [5.41, 5.74) is 2.63. The number of aromatic nitrogens is 1. The molecule has 19 heavy (non-hydrogen) atoms. The first kappa shape index (κ1) is 13.6. The SMILES string of the molecule is NNc1ccc(S(=O)(=O)Nc2ccccc2Cl)cn1. The summed E-state index contributed by atoms with van der Waals surface area (Å²) in [6.45, 7) is 0. The van der Waals surface area contributed by atoms with Crippen LogP contribution in [0.2, 0.25) is 5.02 Å². The number of pyridine rings is 1. The number of hydrogen-bond acceptors (Lipinski definition) is 5. The molecule has 100 valence electrons. The normalized spacial score (nSPS) is 11.1. The van der Waals surface area contributed by atoms with Crippen molar-refractivity contribution in [3.05, 3.63) is 47.6 Å². The second-order valence-electron chi connectivity index (χ2n) is 3.61. The van der Waals surface area contributed by atoms with E-state index in [0.717, 1.165) is 0 Å². The number of nitrogen functional groups attached to an aromatic ring is 1. The predicted molar refractivity (Wildman–Crippen MR) is 74.3 cm³/mol. The molecular formula is C11H11ClN4O2S. The highest BCUT2D eigenvalue weighted by atomic mass is 35.5. The molecule has 0 fully saturated rings. The Labute approximate surface area is 115 Å². The Bertz CT molecular complexity index is 673. The van der Waals surface area contributed by atoms with Gasteiger partial charge >= 0.3 is 0 Å². The molecule has 0 spiro atoms. The van der Waals surface area contributed by atoms with Gasteiger partial charge < -0.3 is 5.43 Å². The van der Waals surface area contributed by atoms with E-state index in [1.54, 1.807) is 24.3 Å². The van der Waals surface area contributed by atoms with Gasteiger partial charge in [0, 0.05) is 6.20 Å². The summed E-state index contributed by atoms with van der Waals surface area (Å²) in [5.74, 6) is 5.53. The minimum Gasteiger partial charge on any atom is -0.308 e. The number of hydrogen-bond donors (Lipinski definition) is 3. The van der Waals surface area contributed by atoms with E-state index in [0.29, 0.717) is 16.5 Å². The number of benzene rings is 1. The minimum atomic E-state index is -3.73. The molecule has 0 amide bonds. The van der Waals surface area contributed by atoms with Crippen LogP contribution in [0.5, 0.6) is 0 Å². The second kappa shape index (κ2) is 5.43. The van der Waals surface area contributed by atoms with Gasteiger partial charge in [0.1, 0.15) is 10.7 Å². The molecule has 0 unspecified atom stereocenters. The largest absolute Gasteiger partial charge is 0.308 e. The van der Waals surface area contributed by atoms with E-state index in [4.69, 9.17) is 17.4 Å². The summed E-state index contributed by atoms with van der Waals surface area (Å²) >= 11 is 5.90. The molecule has 4 N–H and O–H groups in total. The zero-order valence-corrected chi connectivity index (χ0v) is 11.2. The van der Waals surface area contributed by atoms with Gasteiger partial charge in [0.2, 0.25) is 0 Å². The molecule has 0 atom stereocenters. The topological polar surface area (TPSA) is 97.1 Å². The van der Waals surface area contributed by atoms with E-state index < -0.39 is 10.0 Å². The predicted octanol–water partition coefficient (Wildman–Crippen LogP) is 1.82. The highest BCUT2D eigenvalue weighted by molar-refractivity contribution is 7.92. The van der Waals surface area contributed by atoms with Crippen LogP contribution < -0.4 is 16.0 Å². The molecule has 1 aromatic carbocycles. The molecule has 0 aliphatic heterocycles. The van der Waals surface area contributed by atoms with Crippen molar-refractivity contribution in [3.8, 4) is 0 Å². The van der Waals surface area contributed by atoms with Gasteiger partial charge in [0.05, 0.1) is 10.7 Å². The first-order valence-corrected chi connectivity index (χ1v) is 7.09. The van der Waals surface area contributed by atoms with Crippen LogP contribution in [-0.2, 0) is 10.0 Å². The third kappa shape index (κ3) is 3.14. The Morgan fingerprint density at radius 2 is 1.89 bits per heavy atom. The third-order valence-electron chi connectivity index (χ3n) is 2.31. The average Bonchev–Trinajstić information content (AvgIpc) is 2.41. The molecular weight excluding hydrogens is 288 g/mol. The van der Waals surface area contributed by atoms with E-state index in [1.165, 1.54) is 18.3 Å². The number of hydrazine groups is 1. The Morgan fingerprint density at radius 1 is 1.16 bits per heavy atom. The number of anilines is 2. The lowest BCUT2D eigenvalue weighted by Gasteiger charge is -2.09. The van der Waals surface area contributed by atoms with Crippen molar-refractivity contribution < 1.29 is 8.42 Å². The van der Waals surface area contributed by atoms with E-state index in [-0.39, 0.29) is 4.90 Å². The standard InChI is InChI=1S/C11H11ClN4O2S/c12-9-3-1-2-4-10(9)16-19(17,18)8-5-6-11(15-13)14-7-8/h1-7,16H,13H2,(H,14,15). The Kier molecular flexibility index (Phi) is 3.89. The monoisotopic (exact) mass is 298 g/mol. The van der Waals surface area contributed by atoms with Crippen molar-refractivity contribution >= 4 is 33.1 Å². The molecule has 0 radical (unpaired) electrons. The van der Waals surface area contributed by atoms with E-state index >= 15 is 0 Å². The molecule has 1 aromatic heterocycles. The van der Waals surface area contributed by atoms with Crippen molar-refractivity contribution in [2.24, 2.45) is 5.84 Å².